The molecule has 3 saturated carbocycles. The summed E-state index contributed by atoms with van der Waals surface area (Å²) in [6.45, 7) is 0. The Morgan fingerprint density at radius 3 is 2.74 bits per heavy atom. The summed E-state index contributed by atoms with van der Waals surface area (Å²) in [5, 5.41) is 0. The number of hydrogen-bond acceptors (Lipinski definition) is 4. The number of ether oxygens (including phenoxy) is 3. The molecule has 5 atom stereocenters. The van der Waals surface area contributed by atoms with E-state index in [0.717, 1.165) is 51.4 Å². The van der Waals surface area contributed by atoms with Crippen LogP contribution >= 0.6 is 0 Å². The van der Waals surface area contributed by atoms with Gasteiger partial charge in [-0.05, 0) is 49.5 Å². The molecule has 0 aromatic rings. The number of carbonyl (C=O) groups excluding carboxylic acids is 1. The van der Waals surface area contributed by atoms with E-state index in [0.29, 0.717) is 23.5 Å². The van der Waals surface area contributed by atoms with E-state index in [1.54, 1.807) is 14.2 Å². The van der Waals surface area contributed by atoms with Crippen molar-refractivity contribution in [3.8, 4) is 0 Å². The molecule has 5 aliphatic rings. The minimum atomic E-state index is -0.478. The van der Waals surface area contributed by atoms with Crippen LogP contribution in [0.15, 0.2) is 11.6 Å². The Morgan fingerprint density at radius 2 is 1.96 bits per heavy atom. The van der Waals surface area contributed by atoms with Crippen LogP contribution in [-0.2, 0) is 19.0 Å². The Labute approximate surface area is 137 Å². The Kier molecular flexibility index (Phi) is 2.84. The van der Waals surface area contributed by atoms with E-state index in [9.17, 15) is 4.79 Å². The molecule has 4 heteroatoms. The standard InChI is InChI=1S/C19H26O4/c1-21-18(22-2)9-10-19-15-5-3-14-12(4-6-16(14)20)13(15)7-8-17(19,11-18)23-19/h5,12-14H,3-4,6-11H2,1-2H3/t12-,13-,14-,17+,19+/m0/s1. The predicted octanol–water partition coefficient (Wildman–Crippen LogP) is 3.00. The third-order valence-corrected chi connectivity index (χ3v) is 7.71. The van der Waals surface area contributed by atoms with Crippen molar-refractivity contribution in [2.24, 2.45) is 17.8 Å². The van der Waals surface area contributed by atoms with Gasteiger partial charge in [0.25, 0.3) is 0 Å². The zero-order chi connectivity index (χ0) is 15.9. The average Bonchev–Trinajstić information content (AvgIpc) is 3.14. The molecule has 4 aliphatic carbocycles. The van der Waals surface area contributed by atoms with E-state index < -0.39 is 5.79 Å². The molecule has 1 saturated heterocycles. The number of Topliss-reactive ketones (excluding diaryl/α,β-unsaturated/α-hetero) is 1. The number of rotatable bonds is 2. The van der Waals surface area contributed by atoms with Gasteiger partial charge in [-0.25, -0.2) is 0 Å². The number of allylic oxidation sites excluding steroid dienone is 1. The minimum absolute atomic E-state index is 0.0624. The molecule has 0 aromatic carbocycles. The van der Waals surface area contributed by atoms with Gasteiger partial charge >= 0.3 is 0 Å². The molecule has 1 heterocycles. The number of fused-ring (bicyclic) bond motifs is 3. The number of hydrogen-bond donors (Lipinski definition) is 0. The van der Waals surface area contributed by atoms with E-state index in [1.165, 1.54) is 5.57 Å². The highest BCUT2D eigenvalue weighted by Gasteiger charge is 2.78. The largest absolute Gasteiger partial charge is 0.358 e. The Hall–Kier alpha value is -0.710. The van der Waals surface area contributed by atoms with Crippen molar-refractivity contribution in [2.75, 3.05) is 14.2 Å². The summed E-state index contributed by atoms with van der Waals surface area (Å²) in [5.74, 6) is 1.47. The molecule has 5 rings (SSSR count). The van der Waals surface area contributed by atoms with Gasteiger partial charge < -0.3 is 14.2 Å². The van der Waals surface area contributed by atoms with Crippen molar-refractivity contribution in [1.82, 2.24) is 0 Å². The first-order chi connectivity index (χ1) is 11.1. The van der Waals surface area contributed by atoms with E-state index in [1.807, 2.05) is 0 Å². The second-order valence-corrected chi connectivity index (χ2v) is 8.23. The molecular weight excluding hydrogens is 292 g/mol. The normalized spacial score (nSPS) is 49.6. The molecule has 0 N–H and O–H groups in total. The highest BCUT2D eigenvalue weighted by molar-refractivity contribution is 5.84. The molecule has 4 fully saturated rings. The van der Waals surface area contributed by atoms with E-state index in [-0.39, 0.29) is 11.2 Å². The van der Waals surface area contributed by atoms with Crippen LogP contribution in [0.3, 0.4) is 0 Å². The molecule has 0 bridgehead atoms. The van der Waals surface area contributed by atoms with Gasteiger partial charge in [0, 0.05) is 39.4 Å². The maximum atomic E-state index is 12.1. The quantitative estimate of drug-likeness (QED) is 0.446. The van der Waals surface area contributed by atoms with E-state index in [4.69, 9.17) is 14.2 Å². The molecule has 4 nitrogen and oxygen atoms in total. The summed E-state index contributed by atoms with van der Waals surface area (Å²) in [5.41, 5.74) is 1.39. The van der Waals surface area contributed by atoms with Crippen molar-refractivity contribution < 1.29 is 19.0 Å². The van der Waals surface area contributed by atoms with Crippen LogP contribution < -0.4 is 0 Å². The van der Waals surface area contributed by atoms with Crippen LogP contribution in [0.4, 0.5) is 0 Å². The first kappa shape index (κ1) is 14.6. The van der Waals surface area contributed by atoms with Crippen LogP contribution in [0.5, 0.6) is 0 Å². The average molecular weight is 318 g/mol. The molecule has 126 valence electrons. The zero-order valence-corrected chi connectivity index (χ0v) is 14.1. The summed E-state index contributed by atoms with van der Waals surface area (Å²) in [4.78, 5) is 12.1. The molecule has 0 aromatic heterocycles. The topological polar surface area (TPSA) is 48.1 Å². The first-order valence-electron chi connectivity index (χ1n) is 9.12. The van der Waals surface area contributed by atoms with Gasteiger partial charge in [-0.1, -0.05) is 6.08 Å². The highest BCUT2D eigenvalue weighted by Crippen LogP contribution is 2.71. The molecule has 0 spiro atoms. The maximum Gasteiger partial charge on any atom is 0.170 e. The lowest BCUT2D eigenvalue weighted by molar-refractivity contribution is -0.229. The minimum Gasteiger partial charge on any atom is -0.358 e. The van der Waals surface area contributed by atoms with Crippen LogP contribution in [0.25, 0.3) is 0 Å². The number of carbonyl (C=O) groups is 1. The van der Waals surface area contributed by atoms with Gasteiger partial charge in [0.05, 0.1) is 0 Å². The van der Waals surface area contributed by atoms with Crippen LogP contribution in [0.1, 0.15) is 51.4 Å². The van der Waals surface area contributed by atoms with Crippen LogP contribution in [-0.4, -0.2) is 37.0 Å². The fourth-order valence-electron chi connectivity index (χ4n) is 6.48. The lowest BCUT2D eigenvalue weighted by atomic mass is 9.57. The molecule has 0 unspecified atom stereocenters. The third-order valence-electron chi connectivity index (χ3n) is 7.71. The summed E-state index contributed by atoms with van der Waals surface area (Å²) in [6, 6.07) is 0. The number of ketones is 1. The van der Waals surface area contributed by atoms with Crippen LogP contribution in [0, 0.1) is 17.8 Å². The number of methoxy groups -OCH3 is 2. The highest BCUT2D eigenvalue weighted by atomic mass is 16.7. The molecule has 1 aliphatic heterocycles. The maximum absolute atomic E-state index is 12.1. The Morgan fingerprint density at radius 1 is 1.13 bits per heavy atom. The van der Waals surface area contributed by atoms with E-state index in [2.05, 4.69) is 6.08 Å². The smallest absolute Gasteiger partial charge is 0.170 e. The Balaban J connectivity index is 1.48. The fraction of sp³-hybridized carbons (Fsp3) is 0.842. The SMILES string of the molecule is COC1(OC)CC[C@]23O[C@]2(CC[C@@H]2C3=CC[C@@H]3C(=O)CC[C@H]32)C1. The van der Waals surface area contributed by atoms with Gasteiger partial charge in [-0.15, -0.1) is 0 Å². The predicted molar refractivity (Wildman–Crippen MR) is 83.8 cm³/mol. The number of epoxide rings is 1. The van der Waals surface area contributed by atoms with E-state index >= 15 is 0 Å². The van der Waals surface area contributed by atoms with Gasteiger partial charge in [-0.3, -0.25) is 4.79 Å². The molecule has 0 amide bonds. The zero-order valence-electron chi connectivity index (χ0n) is 14.1. The fourth-order valence-corrected chi connectivity index (χ4v) is 6.48. The van der Waals surface area contributed by atoms with Crippen molar-refractivity contribution in [3.63, 3.8) is 0 Å². The van der Waals surface area contributed by atoms with Gasteiger partial charge in [0.2, 0.25) is 0 Å². The lowest BCUT2D eigenvalue weighted by Crippen LogP contribution is -2.51. The monoisotopic (exact) mass is 318 g/mol. The lowest BCUT2D eigenvalue weighted by Gasteiger charge is -2.46. The Bertz CT molecular complexity index is 592. The summed E-state index contributed by atoms with van der Waals surface area (Å²) in [7, 11) is 3.49. The summed E-state index contributed by atoms with van der Waals surface area (Å²) < 4.78 is 17.9. The van der Waals surface area contributed by atoms with Crippen molar-refractivity contribution in [1.29, 1.82) is 0 Å². The second-order valence-electron chi connectivity index (χ2n) is 8.23. The second kappa shape index (κ2) is 4.47. The molecule has 23 heavy (non-hydrogen) atoms. The van der Waals surface area contributed by atoms with Gasteiger partial charge in [0.15, 0.2) is 5.79 Å². The van der Waals surface area contributed by atoms with Crippen LogP contribution in [0.2, 0.25) is 0 Å². The van der Waals surface area contributed by atoms with Crippen molar-refractivity contribution in [3.05, 3.63) is 11.6 Å². The summed E-state index contributed by atoms with van der Waals surface area (Å²) >= 11 is 0. The molecular formula is C19H26O4. The van der Waals surface area contributed by atoms with Crippen molar-refractivity contribution >= 4 is 5.78 Å². The first-order valence-corrected chi connectivity index (χ1v) is 9.12. The third kappa shape index (κ3) is 1.65. The van der Waals surface area contributed by atoms with Gasteiger partial charge in [-0.2, -0.15) is 0 Å². The summed E-state index contributed by atoms with van der Waals surface area (Å²) in [6.07, 6.45) is 10.2. The van der Waals surface area contributed by atoms with Gasteiger partial charge in [0.1, 0.15) is 17.0 Å². The molecule has 0 radical (unpaired) electrons. The van der Waals surface area contributed by atoms with Crippen molar-refractivity contribution in [2.45, 2.75) is 68.4 Å².